The van der Waals surface area contributed by atoms with Crippen LogP contribution in [0.15, 0.2) is 11.3 Å². The van der Waals surface area contributed by atoms with Crippen molar-refractivity contribution >= 4 is 35.4 Å². The third-order valence-corrected chi connectivity index (χ3v) is 4.53. The first kappa shape index (κ1) is 15.5. The zero-order chi connectivity index (χ0) is 15.9. The molecule has 0 spiro atoms. The molecule has 9 heteroatoms. The summed E-state index contributed by atoms with van der Waals surface area (Å²) >= 11 is 1.24. The topological polar surface area (TPSA) is 127 Å². The van der Waals surface area contributed by atoms with Crippen LogP contribution < -0.4 is 5.73 Å². The van der Waals surface area contributed by atoms with E-state index < -0.39 is 41.1 Å². The molecule has 0 aromatic carbocycles. The number of amides is 1. The summed E-state index contributed by atoms with van der Waals surface area (Å²) in [6, 6.07) is -0.754. The Morgan fingerprint density at radius 2 is 2.05 bits per heavy atom. The zero-order valence-corrected chi connectivity index (χ0v) is 12.2. The van der Waals surface area contributed by atoms with Crippen LogP contribution in [-0.2, 0) is 23.9 Å². The summed E-state index contributed by atoms with van der Waals surface area (Å²) in [5.41, 5.74) is 5.41. The summed E-state index contributed by atoms with van der Waals surface area (Å²) in [7, 11) is 0. The number of aliphatic carboxylic acids is 1. The second-order valence-electron chi connectivity index (χ2n) is 4.71. The van der Waals surface area contributed by atoms with E-state index in [4.69, 9.17) is 10.5 Å². The predicted octanol–water partition coefficient (Wildman–Crippen LogP) is -0.912. The van der Waals surface area contributed by atoms with E-state index in [1.807, 2.05) is 0 Å². The summed E-state index contributed by atoms with van der Waals surface area (Å²) in [5.74, 6) is -2.93. The number of Topliss-reactive ketones (excluding diaryl/α,β-unsaturated/α-hetero) is 1. The van der Waals surface area contributed by atoms with E-state index in [1.165, 1.54) is 18.7 Å². The van der Waals surface area contributed by atoms with Crippen molar-refractivity contribution in [2.24, 2.45) is 5.73 Å². The van der Waals surface area contributed by atoms with Gasteiger partial charge in [0.05, 0.1) is 0 Å². The second kappa shape index (κ2) is 5.49. The molecule has 8 nitrogen and oxygen atoms in total. The Balaban J connectivity index is 2.46. The molecule has 0 radical (unpaired) electrons. The normalized spacial score (nSPS) is 25.9. The van der Waals surface area contributed by atoms with Crippen molar-refractivity contribution in [1.82, 2.24) is 4.90 Å². The number of β-lactam (4-membered cyclic amide) rings is 1. The highest BCUT2D eigenvalue weighted by Gasteiger charge is 2.53. The molecule has 0 aliphatic carbocycles. The number of carbonyl (C=O) groups is 4. The van der Waals surface area contributed by atoms with Crippen molar-refractivity contribution in [3.8, 4) is 0 Å². The average molecular weight is 314 g/mol. The fraction of sp³-hybridized carbons (Fsp3) is 0.500. The lowest BCUT2D eigenvalue weighted by Gasteiger charge is -2.48. The summed E-state index contributed by atoms with van der Waals surface area (Å²) in [6.07, 6.45) is -1.30. The van der Waals surface area contributed by atoms with Crippen LogP contribution in [-0.4, -0.2) is 56.9 Å². The van der Waals surface area contributed by atoms with E-state index in [2.05, 4.69) is 0 Å². The second-order valence-corrected chi connectivity index (χ2v) is 5.82. The maximum atomic E-state index is 11.8. The molecule has 0 saturated carbocycles. The number of carbonyl (C=O) groups excluding carboxylic acids is 3. The zero-order valence-electron chi connectivity index (χ0n) is 11.4. The van der Waals surface area contributed by atoms with Crippen LogP contribution in [0.25, 0.3) is 0 Å². The Bertz CT molecular complexity index is 572. The van der Waals surface area contributed by atoms with Gasteiger partial charge in [0.1, 0.15) is 17.1 Å². The molecule has 1 saturated heterocycles. The molecule has 2 unspecified atom stereocenters. The van der Waals surface area contributed by atoms with Crippen molar-refractivity contribution in [1.29, 1.82) is 0 Å². The van der Waals surface area contributed by atoms with Gasteiger partial charge >= 0.3 is 11.9 Å². The van der Waals surface area contributed by atoms with Crippen LogP contribution in [0.2, 0.25) is 0 Å². The quantitative estimate of drug-likeness (QED) is 0.504. The Labute approximate surface area is 124 Å². The third-order valence-electron chi connectivity index (χ3n) is 3.21. The average Bonchev–Trinajstić information content (AvgIpc) is 2.41. The molecule has 3 atom stereocenters. The lowest BCUT2D eigenvalue weighted by Crippen LogP contribution is -2.68. The monoisotopic (exact) mass is 314 g/mol. The number of nitrogens with two attached hydrogens (primary N) is 1. The maximum absolute atomic E-state index is 11.8. The van der Waals surface area contributed by atoms with Crippen molar-refractivity contribution in [2.45, 2.75) is 31.4 Å². The largest absolute Gasteiger partial charge is 0.477 e. The first-order valence-electron chi connectivity index (χ1n) is 6.10. The number of carboxylic acid groups (broad SMARTS) is 1. The number of nitrogens with zero attached hydrogens (tertiary/aromatic N) is 1. The third kappa shape index (κ3) is 2.54. The molecule has 1 fully saturated rings. The smallest absolute Gasteiger partial charge is 0.352 e. The van der Waals surface area contributed by atoms with Crippen LogP contribution in [0.1, 0.15) is 13.8 Å². The molecular weight excluding hydrogens is 300 g/mol. The van der Waals surface area contributed by atoms with Gasteiger partial charge in [-0.05, 0) is 6.92 Å². The molecule has 21 heavy (non-hydrogen) atoms. The number of esters is 1. The van der Waals surface area contributed by atoms with Crippen molar-refractivity contribution in [3.05, 3.63) is 11.3 Å². The van der Waals surface area contributed by atoms with E-state index in [1.54, 1.807) is 0 Å². The first-order chi connectivity index (χ1) is 9.75. The van der Waals surface area contributed by atoms with E-state index >= 15 is 0 Å². The van der Waals surface area contributed by atoms with Gasteiger partial charge in [-0.2, -0.15) is 0 Å². The molecule has 2 aliphatic rings. The molecule has 2 rings (SSSR count). The highest BCUT2D eigenvalue weighted by atomic mass is 32.2. The lowest BCUT2D eigenvalue weighted by molar-refractivity contribution is -0.151. The summed E-state index contributed by atoms with van der Waals surface area (Å²) < 4.78 is 4.91. The van der Waals surface area contributed by atoms with Crippen LogP contribution in [0.5, 0.6) is 0 Å². The van der Waals surface area contributed by atoms with Crippen LogP contribution in [0.4, 0.5) is 0 Å². The number of rotatable bonds is 4. The highest BCUT2D eigenvalue weighted by Crippen LogP contribution is 2.40. The van der Waals surface area contributed by atoms with Crippen molar-refractivity contribution in [2.75, 3.05) is 5.75 Å². The number of ketones is 1. The fourth-order valence-electron chi connectivity index (χ4n) is 2.31. The van der Waals surface area contributed by atoms with Gasteiger partial charge in [-0.3, -0.25) is 19.3 Å². The van der Waals surface area contributed by atoms with E-state index in [-0.39, 0.29) is 17.0 Å². The molecular formula is C12H14N2O6S. The van der Waals surface area contributed by atoms with E-state index in [0.29, 0.717) is 0 Å². The van der Waals surface area contributed by atoms with Gasteiger partial charge in [-0.1, -0.05) is 0 Å². The van der Waals surface area contributed by atoms with Crippen molar-refractivity contribution in [3.63, 3.8) is 0 Å². The number of fused-ring (bicyclic) bond motifs is 1. The van der Waals surface area contributed by atoms with Gasteiger partial charge in [-0.15, -0.1) is 11.8 Å². The Morgan fingerprint density at radius 1 is 1.43 bits per heavy atom. The summed E-state index contributed by atoms with van der Waals surface area (Å²) in [4.78, 5) is 47.0. The number of hydrogen-bond donors (Lipinski definition) is 2. The lowest BCUT2D eigenvalue weighted by atomic mass is 9.99. The van der Waals surface area contributed by atoms with Gasteiger partial charge in [0.25, 0.3) is 0 Å². The molecule has 0 aromatic rings. The number of hydrogen-bond acceptors (Lipinski definition) is 7. The number of thioether (sulfide) groups is 1. The molecule has 0 bridgehead atoms. The van der Waals surface area contributed by atoms with E-state index in [0.717, 1.165) is 11.8 Å². The molecule has 0 aromatic heterocycles. The van der Waals surface area contributed by atoms with Gasteiger partial charge < -0.3 is 15.6 Å². The Morgan fingerprint density at radius 3 is 2.52 bits per heavy atom. The van der Waals surface area contributed by atoms with Crippen LogP contribution >= 0.6 is 11.8 Å². The molecule has 2 heterocycles. The van der Waals surface area contributed by atoms with Crippen LogP contribution in [0.3, 0.4) is 0 Å². The molecule has 3 N–H and O–H groups in total. The van der Waals surface area contributed by atoms with Gasteiger partial charge in [0.2, 0.25) is 5.91 Å². The predicted molar refractivity (Wildman–Crippen MR) is 72.0 cm³/mol. The molecule has 2 aliphatic heterocycles. The Hall–Kier alpha value is -1.87. The standard InChI is InChI=1S/C12H14N2O6S/c1-4(15)9(20-5(2)16)6-3-21-11-7(13)10(17)14(11)8(6)12(18)19/h7,9,11H,3,13H2,1-2H3,(H,18,19)/t7?,9?,11-/m0/s1. The fourth-order valence-corrected chi connectivity index (χ4v) is 3.63. The summed E-state index contributed by atoms with van der Waals surface area (Å²) in [5, 5.41) is 8.89. The van der Waals surface area contributed by atoms with Crippen molar-refractivity contribution < 1.29 is 29.0 Å². The SMILES string of the molecule is CC(=O)OC(C(C)=O)C1=C(C(=O)O)N2C(=O)C(N)[C@@H]2SC1. The molecule has 1 amide bonds. The maximum Gasteiger partial charge on any atom is 0.352 e. The minimum atomic E-state index is -1.35. The highest BCUT2D eigenvalue weighted by molar-refractivity contribution is 8.00. The summed E-state index contributed by atoms with van der Waals surface area (Å²) in [6.45, 7) is 2.32. The Kier molecular flexibility index (Phi) is 4.06. The molecule has 114 valence electrons. The minimum Gasteiger partial charge on any atom is -0.477 e. The number of carboxylic acids is 1. The number of ether oxygens (including phenoxy) is 1. The van der Waals surface area contributed by atoms with E-state index in [9.17, 15) is 24.3 Å². The van der Waals surface area contributed by atoms with Gasteiger partial charge in [0, 0.05) is 18.2 Å². The minimum absolute atomic E-state index is 0.103. The van der Waals surface area contributed by atoms with Crippen LogP contribution in [0, 0.1) is 0 Å². The first-order valence-corrected chi connectivity index (χ1v) is 7.14. The van der Waals surface area contributed by atoms with Gasteiger partial charge in [0.15, 0.2) is 11.9 Å². The van der Waals surface area contributed by atoms with Gasteiger partial charge in [-0.25, -0.2) is 4.79 Å².